The Morgan fingerprint density at radius 3 is 2.94 bits per heavy atom. The molecule has 5 heteroatoms. The summed E-state index contributed by atoms with van der Waals surface area (Å²) in [5.74, 6) is 1.62. The number of likely N-dealkylation sites (tertiary alicyclic amines) is 1. The van der Waals surface area contributed by atoms with Gasteiger partial charge in [-0.1, -0.05) is 6.07 Å². The normalized spacial score (nSPS) is 26.8. The molecule has 2 heterocycles. The Bertz CT molecular complexity index is 452. The Kier molecular flexibility index (Phi) is 2.89. The first-order valence-corrected chi connectivity index (χ1v) is 6.19. The Morgan fingerprint density at radius 2 is 2.17 bits per heavy atom. The molecular weight excluding hydrogens is 232 g/mol. The molecule has 5 nitrogen and oxygen atoms in total. The number of aliphatic hydroxyl groups excluding tert-OH is 1. The van der Waals surface area contributed by atoms with E-state index in [0.717, 1.165) is 37.6 Å². The monoisotopic (exact) mass is 250 g/mol. The molecule has 3 rings (SSSR count). The van der Waals surface area contributed by atoms with Crippen LogP contribution in [0.15, 0.2) is 18.2 Å². The van der Waals surface area contributed by atoms with E-state index in [1.807, 2.05) is 18.2 Å². The number of hydrogen-bond donors (Lipinski definition) is 2. The maximum atomic E-state index is 9.25. The summed E-state index contributed by atoms with van der Waals surface area (Å²) in [6.07, 6.45) is 0.841. The van der Waals surface area contributed by atoms with Gasteiger partial charge in [-0.05, 0) is 24.1 Å². The van der Waals surface area contributed by atoms with Gasteiger partial charge in [-0.2, -0.15) is 0 Å². The fourth-order valence-electron chi connectivity index (χ4n) is 2.55. The Morgan fingerprint density at radius 1 is 1.33 bits per heavy atom. The third-order valence-electron chi connectivity index (χ3n) is 3.62. The molecule has 1 aromatic carbocycles. The number of nitrogens with zero attached hydrogens (tertiary/aromatic N) is 1. The highest BCUT2D eigenvalue weighted by Crippen LogP contribution is 2.33. The van der Waals surface area contributed by atoms with Crippen molar-refractivity contribution in [2.45, 2.75) is 18.5 Å². The molecule has 0 aromatic heterocycles. The highest BCUT2D eigenvalue weighted by molar-refractivity contribution is 5.44. The van der Waals surface area contributed by atoms with Crippen LogP contribution in [-0.2, 0) is 6.54 Å². The topological polar surface area (TPSA) is 68.0 Å². The minimum Gasteiger partial charge on any atom is -0.454 e. The number of ether oxygens (including phenoxy) is 2. The third-order valence-corrected chi connectivity index (χ3v) is 3.62. The van der Waals surface area contributed by atoms with Gasteiger partial charge >= 0.3 is 0 Å². The number of fused-ring (bicyclic) bond motifs is 1. The average Bonchev–Trinajstić information content (AvgIpc) is 2.96. The molecule has 1 aromatic rings. The van der Waals surface area contributed by atoms with Crippen LogP contribution in [0.2, 0.25) is 0 Å². The molecule has 0 spiro atoms. The lowest BCUT2D eigenvalue weighted by molar-refractivity contribution is 0.174. The number of benzene rings is 1. The van der Waals surface area contributed by atoms with Gasteiger partial charge in [-0.25, -0.2) is 0 Å². The SMILES string of the molecule is NC1(CO)CCN(Cc2ccc3c(c2)OCO3)C1. The summed E-state index contributed by atoms with van der Waals surface area (Å²) in [7, 11) is 0. The van der Waals surface area contributed by atoms with Crippen LogP contribution < -0.4 is 15.2 Å². The van der Waals surface area contributed by atoms with Gasteiger partial charge in [0.2, 0.25) is 6.79 Å². The molecule has 2 aliphatic heterocycles. The van der Waals surface area contributed by atoms with Crippen molar-refractivity contribution in [3.05, 3.63) is 23.8 Å². The predicted molar refractivity (Wildman–Crippen MR) is 66.5 cm³/mol. The fraction of sp³-hybridized carbons (Fsp3) is 0.538. The van der Waals surface area contributed by atoms with Gasteiger partial charge in [0.05, 0.1) is 12.1 Å². The van der Waals surface area contributed by atoms with Crippen molar-refractivity contribution in [1.29, 1.82) is 0 Å². The van der Waals surface area contributed by atoms with Crippen molar-refractivity contribution in [2.24, 2.45) is 5.73 Å². The van der Waals surface area contributed by atoms with Crippen molar-refractivity contribution in [3.63, 3.8) is 0 Å². The Labute approximate surface area is 106 Å². The summed E-state index contributed by atoms with van der Waals surface area (Å²) in [5.41, 5.74) is 6.80. The first-order valence-electron chi connectivity index (χ1n) is 6.19. The van der Waals surface area contributed by atoms with Gasteiger partial charge in [0, 0.05) is 19.6 Å². The summed E-state index contributed by atoms with van der Waals surface area (Å²) in [6.45, 7) is 2.84. The number of rotatable bonds is 3. The largest absolute Gasteiger partial charge is 0.454 e. The van der Waals surface area contributed by atoms with E-state index < -0.39 is 5.54 Å². The lowest BCUT2D eigenvalue weighted by Gasteiger charge is -2.22. The molecule has 2 aliphatic rings. The van der Waals surface area contributed by atoms with Crippen molar-refractivity contribution < 1.29 is 14.6 Å². The van der Waals surface area contributed by atoms with E-state index in [1.165, 1.54) is 5.56 Å². The van der Waals surface area contributed by atoms with Crippen molar-refractivity contribution >= 4 is 0 Å². The minimum absolute atomic E-state index is 0.0463. The van der Waals surface area contributed by atoms with E-state index >= 15 is 0 Å². The zero-order valence-corrected chi connectivity index (χ0v) is 10.3. The lowest BCUT2D eigenvalue weighted by Crippen LogP contribution is -2.45. The van der Waals surface area contributed by atoms with Gasteiger partial charge in [0.15, 0.2) is 11.5 Å². The number of nitrogens with two attached hydrogens (primary N) is 1. The van der Waals surface area contributed by atoms with Crippen molar-refractivity contribution in [2.75, 3.05) is 26.5 Å². The van der Waals surface area contributed by atoms with E-state index in [1.54, 1.807) is 0 Å². The van der Waals surface area contributed by atoms with Crippen LogP contribution >= 0.6 is 0 Å². The first-order chi connectivity index (χ1) is 8.68. The van der Waals surface area contributed by atoms with Crippen LogP contribution in [0.1, 0.15) is 12.0 Å². The summed E-state index contributed by atoms with van der Waals surface area (Å²) in [6, 6.07) is 6.00. The summed E-state index contributed by atoms with van der Waals surface area (Å²) < 4.78 is 10.6. The molecule has 18 heavy (non-hydrogen) atoms. The quantitative estimate of drug-likeness (QED) is 0.808. The standard InChI is InChI=1S/C13H18N2O3/c14-13(8-16)3-4-15(7-13)6-10-1-2-11-12(5-10)18-9-17-11/h1-2,5,16H,3-4,6-9,14H2. The highest BCUT2D eigenvalue weighted by Gasteiger charge is 2.33. The molecule has 0 radical (unpaired) electrons. The van der Waals surface area contributed by atoms with Crippen LogP contribution in [0.25, 0.3) is 0 Å². The van der Waals surface area contributed by atoms with Crippen molar-refractivity contribution in [3.8, 4) is 11.5 Å². The zero-order chi connectivity index (χ0) is 12.6. The number of hydrogen-bond acceptors (Lipinski definition) is 5. The van der Waals surface area contributed by atoms with Gasteiger partial charge in [-0.15, -0.1) is 0 Å². The maximum absolute atomic E-state index is 9.25. The molecule has 1 atom stereocenters. The van der Waals surface area contributed by atoms with E-state index in [2.05, 4.69) is 4.90 Å². The van der Waals surface area contributed by atoms with Crippen LogP contribution in [-0.4, -0.2) is 42.0 Å². The van der Waals surface area contributed by atoms with Crippen LogP contribution in [0, 0.1) is 0 Å². The maximum Gasteiger partial charge on any atom is 0.231 e. The van der Waals surface area contributed by atoms with Crippen LogP contribution in [0.3, 0.4) is 0 Å². The average molecular weight is 250 g/mol. The van der Waals surface area contributed by atoms with E-state index in [9.17, 15) is 5.11 Å². The molecular formula is C13H18N2O3. The second-order valence-electron chi connectivity index (χ2n) is 5.17. The number of aliphatic hydroxyl groups is 1. The molecule has 1 fully saturated rings. The lowest BCUT2D eigenvalue weighted by atomic mass is 10.0. The van der Waals surface area contributed by atoms with E-state index in [4.69, 9.17) is 15.2 Å². The van der Waals surface area contributed by atoms with Gasteiger partial charge in [0.1, 0.15) is 0 Å². The van der Waals surface area contributed by atoms with Gasteiger partial charge in [0.25, 0.3) is 0 Å². The summed E-state index contributed by atoms with van der Waals surface area (Å²) in [4.78, 5) is 2.26. The fourth-order valence-corrected chi connectivity index (χ4v) is 2.55. The molecule has 0 bridgehead atoms. The molecule has 1 unspecified atom stereocenters. The highest BCUT2D eigenvalue weighted by atomic mass is 16.7. The third kappa shape index (κ3) is 2.16. The Balaban J connectivity index is 1.67. The van der Waals surface area contributed by atoms with Crippen LogP contribution in [0.4, 0.5) is 0 Å². The molecule has 98 valence electrons. The van der Waals surface area contributed by atoms with Crippen LogP contribution in [0.5, 0.6) is 11.5 Å². The summed E-state index contributed by atoms with van der Waals surface area (Å²) >= 11 is 0. The van der Waals surface area contributed by atoms with Crippen molar-refractivity contribution in [1.82, 2.24) is 4.90 Å². The van der Waals surface area contributed by atoms with Gasteiger partial charge < -0.3 is 20.3 Å². The molecule has 1 saturated heterocycles. The molecule has 3 N–H and O–H groups in total. The molecule has 0 aliphatic carbocycles. The van der Waals surface area contributed by atoms with E-state index in [-0.39, 0.29) is 6.61 Å². The first kappa shape index (κ1) is 11.8. The summed E-state index contributed by atoms with van der Waals surface area (Å²) in [5, 5.41) is 9.25. The predicted octanol–water partition coefficient (Wildman–Crippen LogP) is 0.311. The molecule has 0 saturated carbocycles. The smallest absolute Gasteiger partial charge is 0.231 e. The second-order valence-corrected chi connectivity index (χ2v) is 5.17. The second kappa shape index (κ2) is 4.42. The van der Waals surface area contributed by atoms with E-state index in [0.29, 0.717) is 6.79 Å². The molecule has 0 amide bonds. The minimum atomic E-state index is -0.434. The van der Waals surface area contributed by atoms with Gasteiger partial charge in [-0.3, -0.25) is 4.90 Å². The zero-order valence-electron chi connectivity index (χ0n) is 10.3. The Hall–Kier alpha value is -1.30.